The molecule has 0 spiro atoms. The molecule has 3 rings (SSSR count). The van der Waals surface area contributed by atoms with Crippen LogP contribution in [0.5, 0.6) is 0 Å². The summed E-state index contributed by atoms with van der Waals surface area (Å²) < 4.78 is 0. The first-order valence-electron chi connectivity index (χ1n) is 9.60. The van der Waals surface area contributed by atoms with E-state index in [0.717, 1.165) is 36.0 Å². The molecule has 2 aromatic carbocycles. The van der Waals surface area contributed by atoms with E-state index >= 15 is 0 Å². The first kappa shape index (κ1) is 18.9. The van der Waals surface area contributed by atoms with Gasteiger partial charge in [-0.05, 0) is 79.1 Å². The highest BCUT2D eigenvalue weighted by atomic mass is 14.9. The summed E-state index contributed by atoms with van der Waals surface area (Å²) in [5, 5.41) is 9.48. The van der Waals surface area contributed by atoms with Crippen LogP contribution in [0, 0.1) is 11.3 Å². The van der Waals surface area contributed by atoms with Crippen molar-refractivity contribution < 1.29 is 0 Å². The number of aryl methyl sites for hydroxylation is 1. The van der Waals surface area contributed by atoms with Crippen LogP contribution in [0.2, 0.25) is 0 Å². The lowest BCUT2D eigenvalue weighted by Gasteiger charge is -2.14. The molecular formula is C25H26N2. The van der Waals surface area contributed by atoms with Crippen LogP contribution in [0.15, 0.2) is 65.7 Å². The van der Waals surface area contributed by atoms with Crippen molar-refractivity contribution >= 4 is 11.8 Å². The van der Waals surface area contributed by atoms with Gasteiger partial charge >= 0.3 is 0 Å². The monoisotopic (exact) mass is 354 g/mol. The Bertz CT molecular complexity index is 951. The predicted octanol–water partition coefficient (Wildman–Crippen LogP) is 6.21. The third kappa shape index (κ3) is 4.26. The van der Waals surface area contributed by atoms with Crippen LogP contribution in [0.25, 0.3) is 5.57 Å². The third-order valence-corrected chi connectivity index (χ3v) is 5.20. The Balaban J connectivity index is 1.97. The minimum Gasteiger partial charge on any atom is -0.281 e. The normalized spacial score (nSPS) is 16.0. The van der Waals surface area contributed by atoms with Gasteiger partial charge in [-0.1, -0.05) is 49.4 Å². The molecule has 136 valence electrons. The second kappa shape index (κ2) is 8.18. The molecule has 2 heteroatoms. The largest absolute Gasteiger partial charge is 0.281 e. The Morgan fingerprint density at radius 1 is 1.22 bits per heavy atom. The minimum absolute atomic E-state index is 0.177. The van der Waals surface area contributed by atoms with Gasteiger partial charge in [-0.3, -0.25) is 4.99 Å². The van der Waals surface area contributed by atoms with E-state index in [1.165, 1.54) is 11.1 Å². The Hall–Kier alpha value is -2.92. The Labute approximate surface area is 162 Å². The molecule has 27 heavy (non-hydrogen) atoms. The number of nitriles is 1. The van der Waals surface area contributed by atoms with Crippen molar-refractivity contribution in [2.75, 3.05) is 0 Å². The lowest BCUT2D eigenvalue weighted by Crippen LogP contribution is -2.05. The maximum Gasteiger partial charge on any atom is 0.0991 e. The van der Waals surface area contributed by atoms with E-state index in [9.17, 15) is 5.26 Å². The number of benzene rings is 2. The minimum atomic E-state index is -0.177. The maximum atomic E-state index is 9.48. The van der Waals surface area contributed by atoms with Gasteiger partial charge in [0.25, 0.3) is 0 Å². The number of allylic oxidation sites excluding steroid dienone is 4. The number of aliphatic imine (C=N–C) groups is 1. The second-order valence-corrected chi connectivity index (χ2v) is 7.13. The lowest BCUT2D eigenvalue weighted by molar-refractivity contribution is 0.746. The number of nitrogens with zero attached hydrogens (tertiary/aromatic N) is 2. The van der Waals surface area contributed by atoms with E-state index in [1.807, 2.05) is 37.4 Å². The summed E-state index contributed by atoms with van der Waals surface area (Å²) >= 11 is 0. The number of rotatable bonds is 6. The smallest absolute Gasteiger partial charge is 0.0991 e. The van der Waals surface area contributed by atoms with Crippen molar-refractivity contribution in [1.29, 1.82) is 5.26 Å². The fraction of sp³-hybridized carbons (Fsp3) is 0.280. The van der Waals surface area contributed by atoms with Crippen molar-refractivity contribution in [3.8, 4) is 6.07 Å². The SMILES string of the molecule is C/C=C\C=C(/C)c1cc(C#N)cc(C2(N=Cc3ccccc3CC)CC2)c1. The standard InChI is InChI=1S/C25H26N2/c1-4-6-9-19(3)23-14-20(17-26)15-24(16-23)25(12-13-25)27-18-22-11-8-7-10-21(22)5-2/h4,6-11,14-16,18H,5,12-13H2,1-3H3/b6-4-,19-9+,27-18?. The molecule has 1 aliphatic carbocycles. The van der Waals surface area contributed by atoms with Gasteiger partial charge in [0.1, 0.15) is 0 Å². The number of hydrogen-bond donors (Lipinski definition) is 0. The van der Waals surface area contributed by atoms with Crippen LogP contribution in [0.4, 0.5) is 0 Å². The van der Waals surface area contributed by atoms with Crippen LogP contribution < -0.4 is 0 Å². The molecule has 0 bridgehead atoms. The van der Waals surface area contributed by atoms with Gasteiger partial charge in [-0.25, -0.2) is 0 Å². The van der Waals surface area contributed by atoms with E-state index in [-0.39, 0.29) is 5.54 Å². The molecule has 2 aromatic rings. The zero-order valence-corrected chi connectivity index (χ0v) is 16.4. The van der Waals surface area contributed by atoms with Crippen LogP contribution in [-0.2, 0) is 12.0 Å². The molecule has 1 aliphatic rings. The zero-order chi connectivity index (χ0) is 19.3. The summed E-state index contributed by atoms with van der Waals surface area (Å²) in [4.78, 5) is 4.99. The number of hydrogen-bond acceptors (Lipinski definition) is 2. The van der Waals surface area contributed by atoms with Crippen LogP contribution in [0.3, 0.4) is 0 Å². The quantitative estimate of drug-likeness (QED) is 0.449. The van der Waals surface area contributed by atoms with E-state index in [1.54, 1.807) is 0 Å². The van der Waals surface area contributed by atoms with Crippen molar-refractivity contribution in [2.45, 2.75) is 45.6 Å². The van der Waals surface area contributed by atoms with Crippen molar-refractivity contribution in [1.82, 2.24) is 0 Å². The molecule has 0 N–H and O–H groups in total. The molecule has 0 amide bonds. The maximum absolute atomic E-state index is 9.48. The molecule has 1 saturated carbocycles. The van der Waals surface area contributed by atoms with E-state index in [4.69, 9.17) is 4.99 Å². The van der Waals surface area contributed by atoms with E-state index in [2.05, 4.69) is 56.3 Å². The van der Waals surface area contributed by atoms with E-state index < -0.39 is 0 Å². The first-order chi connectivity index (χ1) is 13.1. The highest BCUT2D eigenvalue weighted by Gasteiger charge is 2.44. The average Bonchev–Trinajstić information content (AvgIpc) is 3.51. The molecule has 2 nitrogen and oxygen atoms in total. The Morgan fingerprint density at radius 3 is 2.67 bits per heavy atom. The van der Waals surface area contributed by atoms with Crippen LogP contribution in [0.1, 0.15) is 61.4 Å². The highest BCUT2D eigenvalue weighted by Crippen LogP contribution is 2.50. The van der Waals surface area contributed by atoms with Gasteiger partial charge in [0.15, 0.2) is 0 Å². The summed E-state index contributed by atoms with van der Waals surface area (Å²) in [6, 6.07) is 16.9. The van der Waals surface area contributed by atoms with Crippen molar-refractivity contribution in [3.05, 3.63) is 88.5 Å². The molecule has 0 heterocycles. The van der Waals surface area contributed by atoms with Gasteiger partial charge in [-0.2, -0.15) is 5.26 Å². The summed E-state index contributed by atoms with van der Waals surface area (Å²) in [5.41, 5.74) is 6.42. The lowest BCUT2D eigenvalue weighted by atomic mass is 9.95. The fourth-order valence-corrected chi connectivity index (χ4v) is 3.31. The highest BCUT2D eigenvalue weighted by molar-refractivity contribution is 5.82. The third-order valence-electron chi connectivity index (χ3n) is 5.20. The first-order valence-corrected chi connectivity index (χ1v) is 9.60. The predicted molar refractivity (Wildman–Crippen MR) is 114 cm³/mol. The molecular weight excluding hydrogens is 328 g/mol. The molecule has 0 saturated heterocycles. The van der Waals surface area contributed by atoms with Gasteiger partial charge in [-0.15, -0.1) is 0 Å². The molecule has 0 aromatic heterocycles. The molecule has 1 fully saturated rings. The van der Waals surface area contributed by atoms with Gasteiger partial charge in [0.2, 0.25) is 0 Å². The Kier molecular flexibility index (Phi) is 5.72. The second-order valence-electron chi connectivity index (χ2n) is 7.13. The molecule has 0 unspecified atom stereocenters. The summed E-state index contributed by atoms with van der Waals surface area (Å²) in [6.07, 6.45) is 11.2. The average molecular weight is 354 g/mol. The fourth-order valence-electron chi connectivity index (χ4n) is 3.31. The summed E-state index contributed by atoms with van der Waals surface area (Å²) in [7, 11) is 0. The summed E-state index contributed by atoms with van der Waals surface area (Å²) in [6.45, 7) is 6.26. The van der Waals surface area contributed by atoms with E-state index in [0.29, 0.717) is 5.56 Å². The molecule has 0 radical (unpaired) electrons. The van der Waals surface area contributed by atoms with Gasteiger partial charge in [0.05, 0.1) is 17.2 Å². The zero-order valence-electron chi connectivity index (χ0n) is 16.4. The van der Waals surface area contributed by atoms with Crippen molar-refractivity contribution in [2.24, 2.45) is 4.99 Å². The molecule has 0 aliphatic heterocycles. The van der Waals surface area contributed by atoms with Crippen LogP contribution >= 0.6 is 0 Å². The van der Waals surface area contributed by atoms with Crippen LogP contribution in [-0.4, -0.2) is 6.21 Å². The topological polar surface area (TPSA) is 36.1 Å². The van der Waals surface area contributed by atoms with Gasteiger partial charge < -0.3 is 0 Å². The molecule has 0 atom stereocenters. The van der Waals surface area contributed by atoms with Crippen molar-refractivity contribution in [3.63, 3.8) is 0 Å². The summed E-state index contributed by atoms with van der Waals surface area (Å²) in [5.74, 6) is 0. The Morgan fingerprint density at radius 2 is 2.00 bits per heavy atom. The van der Waals surface area contributed by atoms with Gasteiger partial charge in [0, 0.05) is 6.21 Å².